The average Bonchev–Trinajstić information content (AvgIpc) is 2.70. The number of aromatic carboxylic acids is 1. The van der Waals surface area contributed by atoms with E-state index in [1.165, 1.54) is 11.0 Å². The van der Waals surface area contributed by atoms with Crippen molar-refractivity contribution >= 4 is 45.1 Å². The maximum absolute atomic E-state index is 11.9. The zero-order chi connectivity index (χ0) is 13.3. The molecule has 1 heterocycles. The molecule has 96 valence electrons. The molecule has 1 aromatic rings. The van der Waals surface area contributed by atoms with Gasteiger partial charge in [-0.05, 0) is 24.1 Å². The molecular formula is C12H11BrClNO3. The summed E-state index contributed by atoms with van der Waals surface area (Å²) in [5.41, 5.74) is 0.478. The lowest BCUT2D eigenvalue weighted by Gasteiger charge is -2.18. The van der Waals surface area contributed by atoms with Gasteiger partial charge >= 0.3 is 5.97 Å². The number of benzene rings is 1. The molecule has 1 aliphatic heterocycles. The Labute approximate surface area is 118 Å². The van der Waals surface area contributed by atoms with Gasteiger partial charge in [0.15, 0.2) is 0 Å². The molecule has 0 aromatic heterocycles. The molecule has 0 aliphatic carbocycles. The third kappa shape index (κ3) is 2.52. The molecule has 1 saturated heterocycles. The number of carbonyl (C=O) groups is 2. The van der Waals surface area contributed by atoms with Crippen molar-refractivity contribution in [2.45, 2.75) is 6.42 Å². The van der Waals surface area contributed by atoms with Crippen molar-refractivity contribution in [3.8, 4) is 0 Å². The van der Waals surface area contributed by atoms with E-state index < -0.39 is 5.97 Å². The van der Waals surface area contributed by atoms with Crippen molar-refractivity contribution in [1.82, 2.24) is 0 Å². The number of nitrogens with zero attached hydrogens (tertiary/aromatic N) is 1. The molecule has 1 atom stereocenters. The van der Waals surface area contributed by atoms with Crippen molar-refractivity contribution in [3.05, 3.63) is 28.8 Å². The van der Waals surface area contributed by atoms with E-state index in [4.69, 9.17) is 16.7 Å². The summed E-state index contributed by atoms with van der Waals surface area (Å²) < 4.78 is 0. The molecule has 0 bridgehead atoms. The Bertz CT molecular complexity index is 506. The van der Waals surface area contributed by atoms with Crippen LogP contribution in [-0.2, 0) is 4.79 Å². The van der Waals surface area contributed by atoms with Gasteiger partial charge in [0.2, 0.25) is 5.91 Å². The van der Waals surface area contributed by atoms with Crippen molar-refractivity contribution < 1.29 is 14.7 Å². The Morgan fingerprint density at radius 2 is 2.28 bits per heavy atom. The molecule has 1 amide bonds. The number of anilines is 1. The maximum Gasteiger partial charge on any atom is 0.337 e. The van der Waals surface area contributed by atoms with Gasteiger partial charge in [0.1, 0.15) is 0 Å². The highest BCUT2D eigenvalue weighted by molar-refractivity contribution is 9.09. The Kier molecular flexibility index (Phi) is 3.92. The van der Waals surface area contributed by atoms with E-state index >= 15 is 0 Å². The van der Waals surface area contributed by atoms with E-state index in [1.807, 2.05) is 0 Å². The highest BCUT2D eigenvalue weighted by Gasteiger charge is 2.32. The number of hydrogen-bond donors (Lipinski definition) is 1. The molecule has 0 saturated carbocycles. The Balaban J connectivity index is 2.39. The Hall–Kier alpha value is -1.07. The predicted molar refractivity (Wildman–Crippen MR) is 72.7 cm³/mol. The van der Waals surface area contributed by atoms with Crippen LogP contribution in [0.2, 0.25) is 5.02 Å². The molecule has 1 fully saturated rings. The van der Waals surface area contributed by atoms with Gasteiger partial charge in [-0.3, -0.25) is 4.79 Å². The fourth-order valence-electron chi connectivity index (χ4n) is 2.03. The minimum Gasteiger partial charge on any atom is -0.478 e. The lowest BCUT2D eigenvalue weighted by Crippen LogP contribution is -2.26. The van der Waals surface area contributed by atoms with E-state index in [0.29, 0.717) is 23.7 Å². The standard InChI is InChI=1S/C12H11BrClNO3/c13-5-7-3-11(16)15(6-7)10-2-1-8(14)4-9(10)12(17)18/h1-2,4,7H,3,5-6H2,(H,17,18). The van der Waals surface area contributed by atoms with Gasteiger partial charge in [0.25, 0.3) is 0 Å². The largest absolute Gasteiger partial charge is 0.478 e. The van der Waals surface area contributed by atoms with Crippen molar-refractivity contribution in [2.75, 3.05) is 16.8 Å². The Morgan fingerprint density at radius 3 is 2.83 bits per heavy atom. The van der Waals surface area contributed by atoms with Crippen molar-refractivity contribution in [1.29, 1.82) is 0 Å². The number of rotatable bonds is 3. The summed E-state index contributed by atoms with van der Waals surface area (Å²) >= 11 is 9.13. The molecule has 0 radical (unpaired) electrons. The lowest BCUT2D eigenvalue weighted by molar-refractivity contribution is -0.117. The number of amides is 1. The second kappa shape index (κ2) is 5.28. The third-order valence-corrected chi connectivity index (χ3v) is 4.05. The van der Waals surface area contributed by atoms with Gasteiger partial charge in [-0.2, -0.15) is 0 Å². The molecule has 1 aliphatic rings. The highest BCUT2D eigenvalue weighted by atomic mass is 79.9. The number of carboxylic acids is 1. The fraction of sp³-hybridized carbons (Fsp3) is 0.333. The van der Waals surface area contributed by atoms with Gasteiger partial charge in [0.05, 0.1) is 11.3 Å². The van der Waals surface area contributed by atoms with Crippen LogP contribution in [0, 0.1) is 5.92 Å². The first-order valence-electron chi connectivity index (χ1n) is 5.42. The van der Waals surface area contributed by atoms with Gasteiger partial charge in [-0.1, -0.05) is 27.5 Å². The molecular weight excluding hydrogens is 321 g/mol. The average molecular weight is 333 g/mol. The van der Waals surface area contributed by atoms with Crippen LogP contribution >= 0.6 is 27.5 Å². The van der Waals surface area contributed by atoms with Gasteiger partial charge in [-0.25, -0.2) is 4.79 Å². The van der Waals surface area contributed by atoms with E-state index in [9.17, 15) is 9.59 Å². The van der Waals surface area contributed by atoms with E-state index in [2.05, 4.69) is 15.9 Å². The van der Waals surface area contributed by atoms with Crippen LogP contribution in [0.25, 0.3) is 0 Å². The first kappa shape index (κ1) is 13.4. The summed E-state index contributed by atoms with van der Waals surface area (Å²) in [4.78, 5) is 24.6. The number of carboxylic acid groups (broad SMARTS) is 1. The summed E-state index contributed by atoms with van der Waals surface area (Å²) in [6.45, 7) is 0.534. The monoisotopic (exact) mass is 331 g/mol. The second-order valence-corrected chi connectivity index (χ2v) is 5.28. The molecule has 4 nitrogen and oxygen atoms in total. The molecule has 6 heteroatoms. The van der Waals surface area contributed by atoms with Crippen molar-refractivity contribution in [3.63, 3.8) is 0 Å². The topological polar surface area (TPSA) is 57.6 Å². The predicted octanol–water partition coefficient (Wildman–Crippen LogP) is 2.79. The van der Waals surface area contributed by atoms with Crippen LogP contribution in [0.4, 0.5) is 5.69 Å². The molecule has 18 heavy (non-hydrogen) atoms. The molecule has 1 aromatic carbocycles. The molecule has 2 rings (SSSR count). The summed E-state index contributed by atoms with van der Waals surface area (Å²) in [6.07, 6.45) is 0.437. The number of carbonyl (C=O) groups excluding carboxylic acids is 1. The fourth-order valence-corrected chi connectivity index (χ4v) is 2.64. The lowest BCUT2D eigenvalue weighted by atomic mass is 10.1. The van der Waals surface area contributed by atoms with E-state index in [0.717, 1.165) is 5.33 Å². The second-order valence-electron chi connectivity index (χ2n) is 4.20. The minimum atomic E-state index is -1.08. The number of halogens is 2. The summed E-state index contributed by atoms with van der Waals surface area (Å²) in [7, 11) is 0. The smallest absolute Gasteiger partial charge is 0.337 e. The number of hydrogen-bond acceptors (Lipinski definition) is 2. The minimum absolute atomic E-state index is 0.0516. The summed E-state index contributed by atoms with van der Waals surface area (Å²) in [5, 5.41) is 10.2. The summed E-state index contributed by atoms with van der Waals surface area (Å²) in [6, 6.07) is 4.55. The first-order chi connectivity index (χ1) is 8.52. The molecule has 1 N–H and O–H groups in total. The van der Waals surface area contributed by atoms with Gasteiger partial charge < -0.3 is 10.0 Å². The quantitative estimate of drug-likeness (QED) is 0.866. The first-order valence-corrected chi connectivity index (χ1v) is 6.92. The SMILES string of the molecule is O=C(O)c1cc(Cl)ccc1N1CC(CBr)CC1=O. The normalized spacial score (nSPS) is 19.3. The van der Waals surface area contributed by atoms with Crippen molar-refractivity contribution in [2.24, 2.45) is 5.92 Å². The van der Waals surface area contributed by atoms with E-state index in [1.54, 1.807) is 12.1 Å². The van der Waals surface area contributed by atoms with Gasteiger partial charge in [0, 0.05) is 23.3 Å². The number of alkyl halides is 1. The molecule has 1 unspecified atom stereocenters. The van der Waals surface area contributed by atoms with Crippen LogP contribution in [0.1, 0.15) is 16.8 Å². The van der Waals surface area contributed by atoms with Crippen LogP contribution in [0.5, 0.6) is 0 Å². The van der Waals surface area contributed by atoms with Crippen LogP contribution < -0.4 is 4.90 Å². The third-order valence-electron chi connectivity index (χ3n) is 2.90. The van der Waals surface area contributed by atoms with Crippen LogP contribution in [0.3, 0.4) is 0 Å². The maximum atomic E-state index is 11.9. The Morgan fingerprint density at radius 1 is 1.56 bits per heavy atom. The zero-order valence-electron chi connectivity index (χ0n) is 9.40. The molecule has 0 spiro atoms. The highest BCUT2D eigenvalue weighted by Crippen LogP contribution is 2.30. The van der Waals surface area contributed by atoms with Crippen LogP contribution in [-0.4, -0.2) is 28.9 Å². The zero-order valence-corrected chi connectivity index (χ0v) is 11.7. The van der Waals surface area contributed by atoms with E-state index in [-0.39, 0.29) is 17.4 Å². The van der Waals surface area contributed by atoms with Crippen LogP contribution in [0.15, 0.2) is 18.2 Å². The van der Waals surface area contributed by atoms with Gasteiger partial charge in [-0.15, -0.1) is 0 Å². The summed E-state index contributed by atoms with van der Waals surface area (Å²) in [5.74, 6) is -0.915.